The number of rotatable bonds is 2. The molecule has 3 rings (SSSR count). The molecular formula is C13H12FN3O3. The number of likely N-dealkylation sites (tertiary alicyclic amines) is 1. The number of benzene rings is 1. The second-order valence-electron chi connectivity index (χ2n) is 4.75. The van der Waals surface area contributed by atoms with E-state index in [4.69, 9.17) is 5.11 Å². The van der Waals surface area contributed by atoms with Crippen LogP contribution in [0.4, 0.5) is 4.39 Å². The van der Waals surface area contributed by atoms with E-state index in [9.17, 15) is 14.0 Å². The van der Waals surface area contributed by atoms with Crippen molar-refractivity contribution in [2.24, 2.45) is 0 Å². The summed E-state index contributed by atoms with van der Waals surface area (Å²) in [4.78, 5) is 31.6. The number of H-pyrrole nitrogens is 1. The van der Waals surface area contributed by atoms with Crippen molar-refractivity contribution in [3.63, 3.8) is 0 Å². The van der Waals surface area contributed by atoms with Gasteiger partial charge in [0.15, 0.2) is 0 Å². The highest BCUT2D eigenvalue weighted by molar-refractivity contribution is 6.06. The SMILES string of the molecule is O=C(O)[C@H]1CCCN1C(=O)c1cc(F)cc2[nH]cnc12. The number of aromatic amines is 1. The van der Waals surface area contributed by atoms with Gasteiger partial charge in [0, 0.05) is 6.54 Å². The minimum atomic E-state index is -1.04. The lowest BCUT2D eigenvalue weighted by Gasteiger charge is -2.21. The maximum atomic E-state index is 13.5. The number of nitrogens with one attached hydrogen (secondary N) is 1. The molecule has 1 atom stereocenters. The molecule has 20 heavy (non-hydrogen) atoms. The fraction of sp³-hybridized carbons (Fsp3) is 0.308. The number of carbonyl (C=O) groups is 2. The molecule has 1 saturated heterocycles. The van der Waals surface area contributed by atoms with Crippen LogP contribution < -0.4 is 0 Å². The number of imidazole rings is 1. The van der Waals surface area contributed by atoms with Crippen molar-refractivity contribution in [3.05, 3.63) is 29.8 Å². The second kappa shape index (κ2) is 4.59. The lowest BCUT2D eigenvalue weighted by molar-refractivity contribution is -0.141. The van der Waals surface area contributed by atoms with E-state index in [-0.39, 0.29) is 5.56 Å². The molecule has 1 aromatic carbocycles. The molecule has 6 nitrogen and oxygen atoms in total. The maximum Gasteiger partial charge on any atom is 0.326 e. The zero-order valence-corrected chi connectivity index (χ0v) is 10.5. The van der Waals surface area contributed by atoms with Crippen molar-refractivity contribution >= 4 is 22.9 Å². The Balaban J connectivity index is 2.04. The number of carbonyl (C=O) groups excluding carboxylic acids is 1. The summed E-state index contributed by atoms with van der Waals surface area (Å²) in [6.45, 7) is 0.359. The number of carboxylic acid groups (broad SMARTS) is 1. The lowest BCUT2D eigenvalue weighted by Crippen LogP contribution is -2.40. The molecule has 2 aromatic rings. The topological polar surface area (TPSA) is 86.3 Å². The molecule has 104 valence electrons. The van der Waals surface area contributed by atoms with Crippen molar-refractivity contribution in [2.75, 3.05) is 6.54 Å². The first-order chi connectivity index (χ1) is 9.58. The minimum Gasteiger partial charge on any atom is -0.480 e. The largest absolute Gasteiger partial charge is 0.480 e. The number of amides is 1. The zero-order chi connectivity index (χ0) is 14.3. The Morgan fingerprint density at radius 1 is 1.45 bits per heavy atom. The Kier molecular flexibility index (Phi) is 2.89. The molecule has 1 amide bonds. The Morgan fingerprint density at radius 2 is 2.25 bits per heavy atom. The first kappa shape index (κ1) is 12.6. The van der Waals surface area contributed by atoms with E-state index in [1.807, 2.05) is 0 Å². The molecule has 1 aliphatic heterocycles. The molecule has 0 unspecified atom stereocenters. The van der Waals surface area contributed by atoms with E-state index in [0.717, 1.165) is 6.07 Å². The van der Waals surface area contributed by atoms with Crippen LogP contribution in [0.25, 0.3) is 11.0 Å². The average molecular weight is 277 g/mol. The van der Waals surface area contributed by atoms with Gasteiger partial charge in [-0.3, -0.25) is 4.79 Å². The fourth-order valence-corrected chi connectivity index (χ4v) is 2.60. The molecule has 0 saturated carbocycles. The highest BCUT2D eigenvalue weighted by atomic mass is 19.1. The van der Waals surface area contributed by atoms with Crippen molar-refractivity contribution in [1.82, 2.24) is 14.9 Å². The third kappa shape index (κ3) is 1.91. The van der Waals surface area contributed by atoms with Crippen LogP contribution >= 0.6 is 0 Å². The summed E-state index contributed by atoms with van der Waals surface area (Å²) >= 11 is 0. The second-order valence-corrected chi connectivity index (χ2v) is 4.75. The van der Waals surface area contributed by atoms with Gasteiger partial charge >= 0.3 is 5.97 Å². The number of nitrogens with zero attached hydrogens (tertiary/aromatic N) is 2. The summed E-state index contributed by atoms with van der Waals surface area (Å²) in [5.41, 5.74) is 0.862. The van der Waals surface area contributed by atoms with Crippen LogP contribution in [0.15, 0.2) is 18.5 Å². The van der Waals surface area contributed by atoms with Gasteiger partial charge in [0.2, 0.25) is 0 Å². The first-order valence-corrected chi connectivity index (χ1v) is 6.24. The number of halogens is 1. The molecule has 7 heteroatoms. The van der Waals surface area contributed by atoms with Crippen LogP contribution in [0, 0.1) is 5.82 Å². The Hall–Kier alpha value is -2.44. The number of aromatic nitrogens is 2. The smallest absolute Gasteiger partial charge is 0.326 e. The normalized spacial score (nSPS) is 18.6. The third-order valence-electron chi connectivity index (χ3n) is 3.52. The average Bonchev–Trinajstić information content (AvgIpc) is 3.04. The Labute approximate surface area is 113 Å². The van der Waals surface area contributed by atoms with E-state index in [0.29, 0.717) is 30.4 Å². The summed E-state index contributed by atoms with van der Waals surface area (Å²) in [6, 6.07) is 1.50. The standard InChI is InChI=1S/C13H12FN3O3/c14-7-4-8(11-9(5-7)15-6-16-11)12(18)17-3-1-2-10(17)13(19)20/h4-6,10H,1-3H2,(H,15,16)(H,19,20)/t10-/m1/s1. The number of fused-ring (bicyclic) bond motifs is 1. The molecule has 0 aliphatic carbocycles. The molecule has 0 radical (unpaired) electrons. The summed E-state index contributed by atoms with van der Waals surface area (Å²) in [5, 5.41) is 9.12. The van der Waals surface area contributed by atoms with Gasteiger partial charge in [0.25, 0.3) is 5.91 Å². The molecule has 2 heterocycles. The van der Waals surface area contributed by atoms with Crippen molar-refractivity contribution in [3.8, 4) is 0 Å². The highest BCUT2D eigenvalue weighted by Gasteiger charge is 2.35. The van der Waals surface area contributed by atoms with Gasteiger partial charge in [-0.15, -0.1) is 0 Å². The van der Waals surface area contributed by atoms with Gasteiger partial charge in [-0.25, -0.2) is 14.2 Å². The molecule has 2 N–H and O–H groups in total. The van der Waals surface area contributed by atoms with Gasteiger partial charge in [0.05, 0.1) is 17.4 Å². The summed E-state index contributed by atoms with van der Waals surface area (Å²) in [7, 11) is 0. The van der Waals surface area contributed by atoms with E-state index in [1.54, 1.807) is 0 Å². The number of aliphatic carboxylic acids is 1. The van der Waals surface area contributed by atoms with Crippen LogP contribution in [0.1, 0.15) is 23.2 Å². The predicted octanol–water partition coefficient (Wildman–Crippen LogP) is 1.39. The van der Waals surface area contributed by atoms with Gasteiger partial charge < -0.3 is 15.0 Å². The molecule has 1 aliphatic rings. The number of carboxylic acids is 1. The molecular weight excluding hydrogens is 265 g/mol. The fourth-order valence-electron chi connectivity index (χ4n) is 2.60. The van der Waals surface area contributed by atoms with Crippen LogP contribution in [0.3, 0.4) is 0 Å². The van der Waals surface area contributed by atoms with Crippen molar-refractivity contribution in [1.29, 1.82) is 0 Å². The van der Waals surface area contributed by atoms with E-state index in [1.165, 1.54) is 17.3 Å². The summed E-state index contributed by atoms with van der Waals surface area (Å²) in [5.74, 6) is -2.09. The Morgan fingerprint density at radius 3 is 3.00 bits per heavy atom. The van der Waals surface area contributed by atoms with Gasteiger partial charge in [0.1, 0.15) is 17.4 Å². The molecule has 1 fully saturated rings. The first-order valence-electron chi connectivity index (χ1n) is 6.24. The minimum absolute atomic E-state index is 0.0920. The number of hydrogen-bond acceptors (Lipinski definition) is 3. The lowest BCUT2D eigenvalue weighted by atomic mass is 10.1. The zero-order valence-electron chi connectivity index (χ0n) is 10.5. The van der Waals surface area contributed by atoms with E-state index in [2.05, 4.69) is 9.97 Å². The van der Waals surface area contributed by atoms with E-state index >= 15 is 0 Å². The van der Waals surface area contributed by atoms with Crippen LogP contribution in [-0.2, 0) is 4.79 Å². The predicted molar refractivity (Wildman–Crippen MR) is 67.7 cm³/mol. The van der Waals surface area contributed by atoms with Gasteiger partial charge in [-0.2, -0.15) is 0 Å². The van der Waals surface area contributed by atoms with Crippen LogP contribution in [0.2, 0.25) is 0 Å². The van der Waals surface area contributed by atoms with Crippen LogP contribution in [0.5, 0.6) is 0 Å². The summed E-state index contributed by atoms with van der Waals surface area (Å²) < 4.78 is 13.5. The Bertz CT molecular complexity index is 697. The monoisotopic (exact) mass is 277 g/mol. The summed E-state index contributed by atoms with van der Waals surface area (Å²) in [6.07, 6.45) is 2.42. The van der Waals surface area contributed by atoms with Gasteiger partial charge in [-0.05, 0) is 25.0 Å². The molecule has 1 aromatic heterocycles. The third-order valence-corrected chi connectivity index (χ3v) is 3.52. The quantitative estimate of drug-likeness (QED) is 0.868. The van der Waals surface area contributed by atoms with Crippen LogP contribution in [-0.4, -0.2) is 44.4 Å². The molecule has 0 bridgehead atoms. The van der Waals surface area contributed by atoms with E-state index < -0.39 is 23.7 Å². The van der Waals surface area contributed by atoms with Crippen molar-refractivity contribution < 1.29 is 19.1 Å². The van der Waals surface area contributed by atoms with Gasteiger partial charge in [-0.1, -0.05) is 0 Å². The number of hydrogen-bond donors (Lipinski definition) is 2. The maximum absolute atomic E-state index is 13.5. The highest BCUT2D eigenvalue weighted by Crippen LogP contribution is 2.24. The molecule has 0 spiro atoms. The van der Waals surface area contributed by atoms with Crippen molar-refractivity contribution in [2.45, 2.75) is 18.9 Å².